The molecule has 1 fully saturated rings. The molecule has 0 aromatic rings. The van der Waals surface area contributed by atoms with Crippen molar-refractivity contribution in [1.29, 1.82) is 0 Å². The minimum Gasteiger partial charge on any atom is -0.377 e. The Morgan fingerprint density at radius 3 is 2.91 bits per heavy atom. The van der Waals surface area contributed by atoms with E-state index in [1.165, 1.54) is 19.3 Å². The molecule has 0 bridgehead atoms. The van der Waals surface area contributed by atoms with E-state index in [4.69, 9.17) is 4.74 Å². The van der Waals surface area contributed by atoms with Crippen molar-refractivity contribution in [3.05, 3.63) is 0 Å². The third-order valence-electron chi connectivity index (χ3n) is 2.16. The first-order valence-electron chi connectivity index (χ1n) is 4.68. The van der Waals surface area contributed by atoms with Crippen LogP contribution in [-0.4, -0.2) is 25.3 Å². The quantitative estimate of drug-likeness (QED) is 0.625. The first-order chi connectivity index (χ1) is 5.33. The summed E-state index contributed by atoms with van der Waals surface area (Å²) in [5.74, 6) is 0. The van der Waals surface area contributed by atoms with E-state index < -0.39 is 0 Å². The van der Waals surface area contributed by atoms with Gasteiger partial charge >= 0.3 is 0 Å². The molecule has 0 saturated carbocycles. The van der Waals surface area contributed by atoms with E-state index in [2.05, 4.69) is 19.2 Å². The lowest BCUT2D eigenvalue weighted by Crippen LogP contribution is -2.19. The van der Waals surface area contributed by atoms with Crippen LogP contribution < -0.4 is 5.32 Å². The Morgan fingerprint density at radius 2 is 2.36 bits per heavy atom. The van der Waals surface area contributed by atoms with Crippen LogP contribution in [0.25, 0.3) is 0 Å². The highest BCUT2D eigenvalue weighted by Gasteiger charge is 2.20. The number of hydrogen-bond acceptors (Lipinski definition) is 2. The Morgan fingerprint density at radius 1 is 1.55 bits per heavy atom. The Bertz CT molecular complexity index is 106. The summed E-state index contributed by atoms with van der Waals surface area (Å²) in [5, 5.41) is 3.37. The predicted octanol–water partition coefficient (Wildman–Crippen LogP) is 1.55. The first-order valence-corrected chi connectivity index (χ1v) is 4.68. The second-order valence-electron chi connectivity index (χ2n) is 3.39. The van der Waals surface area contributed by atoms with Crippen molar-refractivity contribution in [2.45, 2.75) is 45.3 Å². The topological polar surface area (TPSA) is 21.3 Å². The van der Waals surface area contributed by atoms with Gasteiger partial charge in [-0.2, -0.15) is 0 Å². The van der Waals surface area contributed by atoms with Crippen molar-refractivity contribution in [2.24, 2.45) is 0 Å². The fourth-order valence-corrected chi connectivity index (χ4v) is 1.41. The van der Waals surface area contributed by atoms with Gasteiger partial charge in [0.1, 0.15) is 0 Å². The van der Waals surface area contributed by atoms with E-state index in [-0.39, 0.29) is 0 Å². The van der Waals surface area contributed by atoms with Gasteiger partial charge in [-0.1, -0.05) is 13.3 Å². The summed E-state index contributed by atoms with van der Waals surface area (Å²) >= 11 is 0. The van der Waals surface area contributed by atoms with Crippen LogP contribution in [0.2, 0.25) is 0 Å². The number of ether oxygens (including phenoxy) is 1. The standard InChI is InChI=1S/C9H19NO/c1-3-4-5-11-9-6-8(2)10-7-9/h8-10H,3-7H2,1-2H3/t8-,9+/m0/s1. The van der Waals surface area contributed by atoms with Crippen molar-refractivity contribution >= 4 is 0 Å². The maximum atomic E-state index is 5.65. The fraction of sp³-hybridized carbons (Fsp3) is 1.00. The van der Waals surface area contributed by atoms with Crippen LogP contribution in [0.4, 0.5) is 0 Å². The van der Waals surface area contributed by atoms with E-state index in [0.29, 0.717) is 12.1 Å². The van der Waals surface area contributed by atoms with Crippen LogP contribution in [0.5, 0.6) is 0 Å². The van der Waals surface area contributed by atoms with Crippen molar-refractivity contribution in [3.63, 3.8) is 0 Å². The molecule has 0 unspecified atom stereocenters. The monoisotopic (exact) mass is 157 g/mol. The summed E-state index contributed by atoms with van der Waals surface area (Å²) in [6.07, 6.45) is 4.10. The van der Waals surface area contributed by atoms with Gasteiger partial charge in [0.05, 0.1) is 6.10 Å². The van der Waals surface area contributed by atoms with E-state index in [9.17, 15) is 0 Å². The van der Waals surface area contributed by atoms with Crippen LogP contribution in [0.15, 0.2) is 0 Å². The highest BCUT2D eigenvalue weighted by Crippen LogP contribution is 2.09. The Balaban J connectivity index is 1.99. The van der Waals surface area contributed by atoms with Gasteiger partial charge < -0.3 is 10.1 Å². The second kappa shape index (κ2) is 4.73. The molecule has 0 aromatic heterocycles. The van der Waals surface area contributed by atoms with Gasteiger partial charge in [0.2, 0.25) is 0 Å². The third kappa shape index (κ3) is 3.21. The van der Waals surface area contributed by atoms with Crippen molar-refractivity contribution in [1.82, 2.24) is 5.32 Å². The normalized spacial score (nSPS) is 31.1. The van der Waals surface area contributed by atoms with Gasteiger partial charge in [-0.25, -0.2) is 0 Å². The zero-order valence-corrected chi connectivity index (χ0v) is 7.60. The molecular formula is C9H19NO. The van der Waals surface area contributed by atoms with Crippen LogP contribution >= 0.6 is 0 Å². The van der Waals surface area contributed by atoms with Crippen molar-refractivity contribution in [3.8, 4) is 0 Å². The molecule has 1 rings (SSSR count). The molecule has 66 valence electrons. The number of unbranched alkanes of at least 4 members (excludes halogenated alkanes) is 1. The number of nitrogens with one attached hydrogen (secondary N) is 1. The average Bonchev–Trinajstić information content (AvgIpc) is 2.37. The SMILES string of the molecule is CCCCO[C@H]1CN[C@@H](C)C1. The minimum absolute atomic E-state index is 0.483. The summed E-state index contributed by atoms with van der Waals surface area (Å²) in [6, 6.07) is 0.654. The zero-order chi connectivity index (χ0) is 8.10. The summed E-state index contributed by atoms with van der Waals surface area (Å²) in [5.41, 5.74) is 0. The molecule has 0 spiro atoms. The van der Waals surface area contributed by atoms with Crippen LogP contribution in [0, 0.1) is 0 Å². The molecular weight excluding hydrogens is 138 g/mol. The lowest BCUT2D eigenvalue weighted by molar-refractivity contribution is 0.0637. The highest BCUT2D eigenvalue weighted by atomic mass is 16.5. The molecule has 2 atom stereocenters. The van der Waals surface area contributed by atoms with E-state index in [1.807, 2.05) is 0 Å². The molecule has 1 aliphatic rings. The van der Waals surface area contributed by atoms with Gasteiger partial charge in [-0.05, 0) is 19.8 Å². The average molecular weight is 157 g/mol. The highest BCUT2D eigenvalue weighted by molar-refractivity contribution is 4.78. The lowest BCUT2D eigenvalue weighted by atomic mass is 10.2. The first kappa shape index (κ1) is 9.01. The van der Waals surface area contributed by atoms with Gasteiger partial charge in [-0.15, -0.1) is 0 Å². The smallest absolute Gasteiger partial charge is 0.0714 e. The summed E-state index contributed by atoms with van der Waals surface area (Å²) < 4.78 is 5.65. The van der Waals surface area contributed by atoms with Gasteiger partial charge in [0.25, 0.3) is 0 Å². The molecule has 1 saturated heterocycles. The Labute approximate surface area is 69.3 Å². The maximum Gasteiger partial charge on any atom is 0.0714 e. The Kier molecular flexibility index (Phi) is 3.87. The third-order valence-corrected chi connectivity index (χ3v) is 2.16. The molecule has 0 amide bonds. The van der Waals surface area contributed by atoms with Crippen LogP contribution in [0.1, 0.15) is 33.1 Å². The predicted molar refractivity (Wildman–Crippen MR) is 46.7 cm³/mol. The molecule has 0 aliphatic carbocycles. The van der Waals surface area contributed by atoms with Gasteiger partial charge in [-0.3, -0.25) is 0 Å². The van der Waals surface area contributed by atoms with Gasteiger partial charge in [0.15, 0.2) is 0 Å². The molecule has 2 nitrogen and oxygen atoms in total. The maximum absolute atomic E-state index is 5.65. The van der Waals surface area contributed by atoms with Crippen molar-refractivity contribution in [2.75, 3.05) is 13.2 Å². The minimum atomic E-state index is 0.483. The van der Waals surface area contributed by atoms with Crippen LogP contribution in [-0.2, 0) is 4.74 Å². The van der Waals surface area contributed by atoms with Crippen LogP contribution in [0.3, 0.4) is 0 Å². The largest absolute Gasteiger partial charge is 0.377 e. The molecule has 0 aromatic carbocycles. The molecule has 1 heterocycles. The second-order valence-corrected chi connectivity index (χ2v) is 3.39. The summed E-state index contributed by atoms with van der Waals surface area (Å²) in [4.78, 5) is 0. The number of hydrogen-bond donors (Lipinski definition) is 1. The summed E-state index contributed by atoms with van der Waals surface area (Å²) in [7, 11) is 0. The summed E-state index contributed by atoms with van der Waals surface area (Å²) in [6.45, 7) is 6.39. The molecule has 11 heavy (non-hydrogen) atoms. The van der Waals surface area contributed by atoms with Gasteiger partial charge in [0, 0.05) is 19.2 Å². The molecule has 0 radical (unpaired) electrons. The molecule has 2 heteroatoms. The molecule has 1 N–H and O–H groups in total. The van der Waals surface area contributed by atoms with Crippen molar-refractivity contribution < 1.29 is 4.74 Å². The fourth-order valence-electron chi connectivity index (χ4n) is 1.41. The van der Waals surface area contributed by atoms with E-state index in [1.54, 1.807) is 0 Å². The van der Waals surface area contributed by atoms with E-state index in [0.717, 1.165) is 13.2 Å². The number of rotatable bonds is 4. The zero-order valence-electron chi connectivity index (χ0n) is 7.60. The molecule has 1 aliphatic heterocycles. The van der Waals surface area contributed by atoms with E-state index >= 15 is 0 Å². The Hall–Kier alpha value is -0.0800. The lowest BCUT2D eigenvalue weighted by Gasteiger charge is -2.09.